The largest absolute Gasteiger partial charge is 0.349 e. The maximum atomic E-state index is 14.6. The van der Waals surface area contributed by atoms with Gasteiger partial charge < -0.3 is 0 Å². The molecule has 2 saturated carbocycles. The molecule has 2 aliphatic carbocycles. The first kappa shape index (κ1) is 26.7. The predicted octanol–water partition coefficient (Wildman–Crippen LogP) is 8.71. The molecule has 2 fully saturated rings. The standard InChI is InChI=1S/C30H37ClN4O3/c1-29(2)17-24(18-30(3,4)19-29)34-28(36)33(22-11-13-23(14-12-22)35(37)38)26-16-21(31)10-15-25(26)27(32-34)20-8-6-5-7-9-20/h10-16,20,24H,5-9,17-19H2,1-4H3. The Morgan fingerprint density at radius 1 is 0.974 bits per heavy atom. The SMILES string of the molecule is CC1(C)CC(N2N=C(C3CCCCC3)c3ccc(Cl)cc3N(c3ccc([N+](=O)[O-])cc3)C2=O)CC(C)(C)C1. The third-order valence-electron chi connectivity index (χ3n) is 8.27. The fourth-order valence-corrected chi connectivity index (χ4v) is 7.34. The number of carbonyl (C=O) groups is 1. The van der Waals surface area contributed by atoms with Crippen molar-refractivity contribution in [2.24, 2.45) is 21.8 Å². The Balaban J connectivity index is 1.68. The molecule has 3 aliphatic rings. The summed E-state index contributed by atoms with van der Waals surface area (Å²) in [5.74, 6) is 0.264. The van der Waals surface area contributed by atoms with Gasteiger partial charge >= 0.3 is 6.03 Å². The average molecular weight is 537 g/mol. The van der Waals surface area contributed by atoms with Crippen LogP contribution >= 0.6 is 11.6 Å². The van der Waals surface area contributed by atoms with Crippen LogP contribution in [0.1, 0.15) is 84.6 Å². The molecule has 2 aromatic rings. The smallest absolute Gasteiger partial charge is 0.261 e. The second-order valence-corrected chi connectivity index (χ2v) is 13.2. The molecule has 202 valence electrons. The Morgan fingerprint density at radius 3 is 2.21 bits per heavy atom. The summed E-state index contributed by atoms with van der Waals surface area (Å²) < 4.78 is 0. The molecule has 0 bridgehead atoms. The third-order valence-corrected chi connectivity index (χ3v) is 8.50. The van der Waals surface area contributed by atoms with Crippen LogP contribution < -0.4 is 4.90 Å². The molecule has 0 aromatic heterocycles. The fraction of sp³-hybridized carbons (Fsp3) is 0.533. The summed E-state index contributed by atoms with van der Waals surface area (Å²) in [7, 11) is 0. The number of non-ortho nitro benzene ring substituents is 1. The lowest BCUT2D eigenvalue weighted by Gasteiger charge is -2.47. The number of nitro groups is 1. The van der Waals surface area contributed by atoms with E-state index in [1.165, 1.54) is 18.6 Å². The van der Waals surface area contributed by atoms with E-state index in [0.29, 0.717) is 16.4 Å². The minimum atomic E-state index is -0.429. The fourth-order valence-electron chi connectivity index (χ4n) is 7.17. The molecule has 1 heterocycles. The van der Waals surface area contributed by atoms with Gasteiger partial charge in [0.15, 0.2) is 0 Å². The number of urea groups is 1. The molecular formula is C30H37ClN4O3. The van der Waals surface area contributed by atoms with Gasteiger partial charge in [0.1, 0.15) is 0 Å². The van der Waals surface area contributed by atoms with Gasteiger partial charge in [0, 0.05) is 28.6 Å². The molecule has 0 radical (unpaired) electrons. The minimum absolute atomic E-state index is 0.0193. The molecule has 0 spiro atoms. The van der Waals surface area contributed by atoms with E-state index in [1.807, 2.05) is 18.2 Å². The van der Waals surface area contributed by atoms with E-state index >= 15 is 0 Å². The van der Waals surface area contributed by atoms with E-state index in [-0.39, 0.29) is 34.5 Å². The Hall–Kier alpha value is -2.93. The van der Waals surface area contributed by atoms with Crippen molar-refractivity contribution >= 4 is 40.4 Å². The highest BCUT2D eigenvalue weighted by molar-refractivity contribution is 6.31. The lowest BCUT2D eigenvalue weighted by atomic mass is 9.63. The topological polar surface area (TPSA) is 79.1 Å². The number of hydrazone groups is 1. The number of halogens is 1. The van der Waals surface area contributed by atoms with Gasteiger partial charge in [0.05, 0.1) is 28.1 Å². The molecule has 7 nitrogen and oxygen atoms in total. The van der Waals surface area contributed by atoms with Crippen LogP contribution in [0.2, 0.25) is 5.02 Å². The van der Waals surface area contributed by atoms with Gasteiger partial charge in [-0.1, -0.05) is 58.6 Å². The summed E-state index contributed by atoms with van der Waals surface area (Å²) in [6, 6.07) is 11.5. The molecule has 0 atom stereocenters. The lowest BCUT2D eigenvalue weighted by Crippen LogP contribution is -2.49. The van der Waals surface area contributed by atoms with E-state index in [4.69, 9.17) is 16.7 Å². The zero-order chi connectivity index (χ0) is 27.2. The number of nitro benzene ring substituents is 1. The van der Waals surface area contributed by atoms with Crippen LogP contribution in [-0.2, 0) is 0 Å². The van der Waals surface area contributed by atoms with Crippen molar-refractivity contribution in [2.75, 3.05) is 4.90 Å². The maximum Gasteiger partial charge on any atom is 0.349 e. The second-order valence-electron chi connectivity index (χ2n) is 12.8. The predicted molar refractivity (Wildman–Crippen MR) is 152 cm³/mol. The van der Waals surface area contributed by atoms with Gasteiger partial charge in [-0.3, -0.25) is 15.0 Å². The Bertz CT molecular complexity index is 1250. The Kier molecular flexibility index (Phi) is 7.01. The van der Waals surface area contributed by atoms with Crippen molar-refractivity contribution in [2.45, 2.75) is 85.1 Å². The zero-order valence-electron chi connectivity index (χ0n) is 22.7. The first-order valence-electron chi connectivity index (χ1n) is 13.7. The summed E-state index contributed by atoms with van der Waals surface area (Å²) in [6.07, 6.45) is 8.40. The van der Waals surface area contributed by atoms with Gasteiger partial charge in [-0.2, -0.15) is 5.10 Å². The first-order chi connectivity index (χ1) is 17.9. The molecular weight excluding hydrogens is 500 g/mol. The van der Waals surface area contributed by atoms with Crippen LogP contribution in [0.3, 0.4) is 0 Å². The number of hydrogen-bond acceptors (Lipinski definition) is 4. The van der Waals surface area contributed by atoms with Crippen LogP contribution in [0.25, 0.3) is 0 Å². The Labute approximate surface area is 230 Å². The summed E-state index contributed by atoms with van der Waals surface area (Å²) in [6.45, 7) is 9.10. The third kappa shape index (κ3) is 5.31. The summed E-state index contributed by atoms with van der Waals surface area (Å²) >= 11 is 6.51. The number of anilines is 2. The lowest BCUT2D eigenvalue weighted by molar-refractivity contribution is -0.384. The zero-order valence-corrected chi connectivity index (χ0v) is 23.5. The quantitative estimate of drug-likeness (QED) is 0.289. The number of rotatable bonds is 4. The van der Waals surface area contributed by atoms with Crippen LogP contribution in [0.15, 0.2) is 47.6 Å². The van der Waals surface area contributed by atoms with Gasteiger partial charge in [-0.15, -0.1) is 0 Å². The molecule has 38 heavy (non-hydrogen) atoms. The number of benzene rings is 2. The van der Waals surface area contributed by atoms with Crippen molar-refractivity contribution in [1.29, 1.82) is 0 Å². The van der Waals surface area contributed by atoms with Crippen molar-refractivity contribution in [3.05, 3.63) is 63.2 Å². The Morgan fingerprint density at radius 2 is 1.61 bits per heavy atom. The molecule has 5 rings (SSSR count). The molecule has 2 aromatic carbocycles. The van der Waals surface area contributed by atoms with Gasteiger partial charge in [-0.05, 0) is 73.3 Å². The van der Waals surface area contributed by atoms with E-state index in [9.17, 15) is 14.9 Å². The maximum absolute atomic E-state index is 14.6. The number of hydrogen-bond donors (Lipinski definition) is 0. The normalized spacial score (nSPS) is 22.0. The molecule has 8 heteroatoms. The highest BCUT2D eigenvalue weighted by Crippen LogP contribution is 2.49. The van der Waals surface area contributed by atoms with Crippen LogP contribution in [0.5, 0.6) is 0 Å². The van der Waals surface area contributed by atoms with Crippen LogP contribution in [0, 0.1) is 26.9 Å². The highest BCUT2D eigenvalue weighted by atomic mass is 35.5. The summed E-state index contributed by atoms with van der Waals surface area (Å²) in [5.41, 5.74) is 3.21. The van der Waals surface area contributed by atoms with Crippen molar-refractivity contribution in [3.63, 3.8) is 0 Å². The van der Waals surface area contributed by atoms with Crippen molar-refractivity contribution in [3.8, 4) is 0 Å². The van der Waals surface area contributed by atoms with Gasteiger partial charge in [0.2, 0.25) is 0 Å². The number of fused-ring (bicyclic) bond motifs is 1. The van der Waals surface area contributed by atoms with Gasteiger partial charge in [-0.25, -0.2) is 9.80 Å². The van der Waals surface area contributed by atoms with E-state index in [2.05, 4.69) is 27.7 Å². The average Bonchev–Trinajstić information content (AvgIpc) is 2.96. The van der Waals surface area contributed by atoms with Crippen molar-refractivity contribution in [1.82, 2.24) is 5.01 Å². The highest BCUT2D eigenvalue weighted by Gasteiger charge is 2.45. The second kappa shape index (κ2) is 9.99. The molecule has 2 amide bonds. The molecule has 0 unspecified atom stereocenters. The molecule has 1 aliphatic heterocycles. The van der Waals surface area contributed by atoms with E-state index < -0.39 is 4.92 Å². The molecule has 0 saturated heterocycles. The van der Waals surface area contributed by atoms with Crippen LogP contribution in [0.4, 0.5) is 21.9 Å². The summed E-state index contributed by atoms with van der Waals surface area (Å²) in [4.78, 5) is 27.1. The number of nitrogens with zero attached hydrogens (tertiary/aromatic N) is 4. The van der Waals surface area contributed by atoms with Gasteiger partial charge in [0.25, 0.3) is 5.69 Å². The first-order valence-corrected chi connectivity index (χ1v) is 14.1. The molecule has 0 N–H and O–H groups in total. The minimum Gasteiger partial charge on any atom is -0.261 e. The monoisotopic (exact) mass is 536 g/mol. The number of amides is 2. The van der Waals surface area contributed by atoms with Crippen molar-refractivity contribution < 1.29 is 9.72 Å². The number of carbonyl (C=O) groups excluding carboxylic acids is 1. The van der Waals surface area contributed by atoms with Crippen LogP contribution in [-0.4, -0.2) is 27.7 Å². The van der Waals surface area contributed by atoms with E-state index in [0.717, 1.165) is 56.2 Å². The van der Waals surface area contributed by atoms with E-state index in [1.54, 1.807) is 22.0 Å². The summed E-state index contributed by atoms with van der Waals surface area (Å²) in [5, 5.41) is 18.8.